The minimum absolute atomic E-state index is 0.194. The van der Waals surface area contributed by atoms with Gasteiger partial charge in [0, 0.05) is 23.4 Å². The van der Waals surface area contributed by atoms with E-state index in [4.69, 9.17) is 25.2 Å². The lowest BCUT2D eigenvalue weighted by atomic mass is 10.0. The van der Waals surface area contributed by atoms with Crippen LogP contribution < -0.4 is 4.74 Å². The number of fused-ring (bicyclic) bond motifs is 1. The van der Waals surface area contributed by atoms with E-state index in [2.05, 4.69) is 10.1 Å². The number of aromatic nitrogens is 1. The van der Waals surface area contributed by atoms with Gasteiger partial charge in [0.15, 0.2) is 5.76 Å². The number of pyridine rings is 1. The molecular formula is C22H16ClN3O4. The molecule has 0 radical (unpaired) electrons. The Labute approximate surface area is 176 Å². The first-order valence-electron chi connectivity index (χ1n) is 9.26. The maximum atomic E-state index is 13.1. The van der Waals surface area contributed by atoms with Crippen LogP contribution in [-0.4, -0.2) is 28.7 Å². The maximum absolute atomic E-state index is 13.1. The normalized spacial score (nSPS) is 16.1. The second-order valence-electron chi connectivity index (χ2n) is 6.80. The van der Waals surface area contributed by atoms with E-state index in [9.17, 15) is 4.79 Å². The van der Waals surface area contributed by atoms with Crippen LogP contribution in [0.2, 0.25) is 5.15 Å². The molecule has 4 aromatic rings. The van der Waals surface area contributed by atoms with E-state index in [1.54, 1.807) is 31.6 Å². The third kappa shape index (κ3) is 3.13. The van der Waals surface area contributed by atoms with Gasteiger partial charge in [0.25, 0.3) is 0 Å². The third-order valence-electron chi connectivity index (χ3n) is 5.02. The Kier molecular flexibility index (Phi) is 4.52. The number of amides is 1. The summed E-state index contributed by atoms with van der Waals surface area (Å²) in [5, 5.41) is 7.10. The van der Waals surface area contributed by atoms with Crippen LogP contribution in [0.4, 0.5) is 0 Å². The summed E-state index contributed by atoms with van der Waals surface area (Å²) < 4.78 is 16.1. The molecule has 0 aliphatic carbocycles. The molecule has 0 saturated carbocycles. The minimum Gasteiger partial charge on any atom is -0.497 e. The fourth-order valence-corrected chi connectivity index (χ4v) is 3.82. The molecule has 1 amide bonds. The zero-order chi connectivity index (χ0) is 20.7. The Hall–Kier alpha value is -3.58. The second kappa shape index (κ2) is 7.35. The fourth-order valence-electron chi connectivity index (χ4n) is 3.55. The van der Waals surface area contributed by atoms with E-state index in [-0.39, 0.29) is 11.7 Å². The Balaban J connectivity index is 1.59. The monoisotopic (exact) mass is 421 g/mol. The zero-order valence-corrected chi connectivity index (χ0v) is 16.7. The van der Waals surface area contributed by atoms with Gasteiger partial charge in [0.2, 0.25) is 0 Å². The molecule has 1 atom stereocenters. The summed E-state index contributed by atoms with van der Waals surface area (Å²) in [5.74, 6) is 1.12. The van der Waals surface area contributed by atoms with E-state index in [0.717, 1.165) is 5.39 Å². The van der Waals surface area contributed by atoms with Gasteiger partial charge in [0.1, 0.15) is 22.4 Å². The predicted molar refractivity (Wildman–Crippen MR) is 111 cm³/mol. The largest absolute Gasteiger partial charge is 0.497 e. The molecule has 0 bridgehead atoms. The fraction of sp³-hybridized carbons (Fsp3) is 0.136. The molecule has 0 fully saturated rings. The van der Waals surface area contributed by atoms with Crippen molar-refractivity contribution in [2.45, 2.75) is 12.5 Å². The second-order valence-corrected chi connectivity index (χ2v) is 7.16. The van der Waals surface area contributed by atoms with E-state index < -0.39 is 6.04 Å². The number of nitrogens with zero attached hydrogens (tertiary/aromatic N) is 3. The Bertz CT molecular complexity index is 1250. The molecular weight excluding hydrogens is 406 g/mol. The summed E-state index contributed by atoms with van der Waals surface area (Å²) in [7, 11) is 1.60. The molecule has 0 spiro atoms. The van der Waals surface area contributed by atoms with Gasteiger partial charge in [-0.2, -0.15) is 5.10 Å². The molecule has 1 aliphatic heterocycles. The molecule has 1 unspecified atom stereocenters. The van der Waals surface area contributed by atoms with E-state index in [1.165, 1.54) is 11.3 Å². The molecule has 5 rings (SSSR count). The van der Waals surface area contributed by atoms with Crippen molar-refractivity contribution >= 4 is 34.1 Å². The number of furan rings is 2. The predicted octanol–water partition coefficient (Wildman–Crippen LogP) is 5.07. The molecule has 8 heteroatoms. The summed E-state index contributed by atoms with van der Waals surface area (Å²) in [6.07, 6.45) is 3.46. The number of halogens is 1. The minimum atomic E-state index is -0.450. The summed E-state index contributed by atoms with van der Waals surface area (Å²) >= 11 is 6.56. The smallest absolute Gasteiger partial charge is 0.310 e. The van der Waals surface area contributed by atoms with E-state index in [1.807, 2.05) is 30.3 Å². The van der Waals surface area contributed by atoms with Crippen molar-refractivity contribution in [2.24, 2.45) is 5.10 Å². The zero-order valence-electron chi connectivity index (χ0n) is 15.9. The first-order valence-corrected chi connectivity index (χ1v) is 9.64. The lowest BCUT2D eigenvalue weighted by molar-refractivity contribution is 0.0678. The molecule has 4 heterocycles. The number of benzene rings is 1. The van der Waals surface area contributed by atoms with Gasteiger partial charge in [-0.3, -0.25) is 4.79 Å². The van der Waals surface area contributed by atoms with Crippen molar-refractivity contribution in [1.29, 1.82) is 0 Å². The van der Waals surface area contributed by atoms with Gasteiger partial charge < -0.3 is 13.6 Å². The standard InChI is InChI=1S/C22H16ClN3O4/c1-28-14-7-6-13-10-15(21(23)24-16(13)11-14)18-12-17(19-4-2-8-29-19)25-26(18)22(27)20-5-3-9-30-20/h2-11,18H,12H2,1H3. The third-order valence-corrected chi connectivity index (χ3v) is 5.32. The Morgan fingerprint density at radius 3 is 2.73 bits per heavy atom. The van der Waals surface area contributed by atoms with Crippen molar-refractivity contribution in [1.82, 2.24) is 9.99 Å². The molecule has 0 N–H and O–H groups in total. The van der Waals surface area contributed by atoms with Crippen LogP contribution in [0.1, 0.15) is 34.3 Å². The van der Waals surface area contributed by atoms with Crippen molar-refractivity contribution in [3.05, 3.63) is 83.3 Å². The summed E-state index contributed by atoms with van der Waals surface area (Å²) in [4.78, 5) is 17.6. The van der Waals surface area contributed by atoms with Crippen molar-refractivity contribution in [2.75, 3.05) is 7.11 Å². The Morgan fingerprint density at radius 2 is 2.00 bits per heavy atom. The number of hydrogen-bond donors (Lipinski definition) is 0. The van der Waals surface area contributed by atoms with Gasteiger partial charge in [-0.15, -0.1) is 0 Å². The van der Waals surface area contributed by atoms with Crippen molar-refractivity contribution < 1.29 is 18.4 Å². The van der Waals surface area contributed by atoms with Crippen molar-refractivity contribution in [3.63, 3.8) is 0 Å². The number of methoxy groups -OCH3 is 1. The van der Waals surface area contributed by atoms with Crippen LogP contribution in [-0.2, 0) is 0 Å². The topological polar surface area (TPSA) is 81.1 Å². The summed E-state index contributed by atoms with van der Waals surface area (Å²) in [6.45, 7) is 0. The molecule has 1 aromatic carbocycles. The number of carbonyl (C=O) groups is 1. The van der Waals surface area contributed by atoms with Crippen molar-refractivity contribution in [3.8, 4) is 5.75 Å². The molecule has 0 saturated heterocycles. The molecule has 7 nitrogen and oxygen atoms in total. The maximum Gasteiger partial charge on any atom is 0.310 e. The Morgan fingerprint density at radius 1 is 1.17 bits per heavy atom. The van der Waals surface area contributed by atoms with Gasteiger partial charge >= 0.3 is 5.91 Å². The highest BCUT2D eigenvalue weighted by molar-refractivity contribution is 6.30. The first-order chi connectivity index (χ1) is 14.6. The van der Waals surface area contributed by atoms with E-state index in [0.29, 0.717) is 39.9 Å². The highest BCUT2D eigenvalue weighted by Crippen LogP contribution is 2.38. The van der Waals surface area contributed by atoms with Gasteiger partial charge in [0.05, 0.1) is 31.2 Å². The van der Waals surface area contributed by atoms with Crippen LogP contribution in [0.25, 0.3) is 10.9 Å². The van der Waals surface area contributed by atoms with Gasteiger partial charge in [-0.05, 0) is 42.5 Å². The summed E-state index contributed by atoms with van der Waals surface area (Å²) in [5.41, 5.74) is 2.05. The lowest BCUT2D eigenvalue weighted by Gasteiger charge is -2.22. The quantitative estimate of drug-likeness (QED) is 0.429. The molecule has 150 valence electrons. The number of ether oxygens (including phenoxy) is 1. The average molecular weight is 422 g/mol. The van der Waals surface area contributed by atoms with Crippen LogP contribution in [0, 0.1) is 0 Å². The van der Waals surface area contributed by atoms with Crippen LogP contribution >= 0.6 is 11.6 Å². The number of hydrogen-bond acceptors (Lipinski definition) is 6. The van der Waals surface area contributed by atoms with Crippen LogP contribution in [0.3, 0.4) is 0 Å². The SMILES string of the molecule is COc1ccc2cc(C3CC(c4ccco4)=NN3C(=O)c3ccco3)c(Cl)nc2c1. The summed E-state index contributed by atoms with van der Waals surface area (Å²) in [6, 6.07) is 13.9. The number of carbonyl (C=O) groups excluding carboxylic acids is 1. The van der Waals surface area contributed by atoms with Gasteiger partial charge in [-0.25, -0.2) is 9.99 Å². The number of rotatable bonds is 4. The van der Waals surface area contributed by atoms with Crippen LogP contribution in [0.15, 0.2) is 75.0 Å². The van der Waals surface area contributed by atoms with Gasteiger partial charge in [-0.1, -0.05) is 11.6 Å². The molecule has 30 heavy (non-hydrogen) atoms. The highest BCUT2D eigenvalue weighted by Gasteiger charge is 2.37. The average Bonchev–Trinajstić information content (AvgIpc) is 3.53. The molecule has 1 aliphatic rings. The number of hydrazone groups is 1. The molecule has 3 aromatic heterocycles. The van der Waals surface area contributed by atoms with E-state index >= 15 is 0 Å². The van der Waals surface area contributed by atoms with Crippen LogP contribution in [0.5, 0.6) is 5.75 Å². The lowest BCUT2D eigenvalue weighted by Crippen LogP contribution is -2.27. The highest BCUT2D eigenvalue weighted by atomic mass is 35.5. The first kappa shape index (κ1) is 18.4.